The van der Waals surface area contributed by atoms with Crippen molar-refractivity contribution in [3.63, 3.8) is 0 Å². The Bertz CT molecular complexity index is 391. The first-order valence-electron chi connectivity index (χ1n) is 8.41. The molecular weight excluding hydrogens is 266 g/mol. The number of hydrogen-bond donors (Lipinski definition) is 2. The fraction of sp³-hybridized carbons (Fsp3) is 0.882. The first-order chi connectivity index (χ1) is 9.87. The molecule has 0 saturated heterocycles. The van der Waals surface area contributed by atoms with Gasteiger partial charge in [-0.05, 0) is 51.4 Å². The van der Waals surface area contributed by atoms with Crippen LogP contribution in [-0.4, -0.2) is 22.5 Å². The molecule has 21 heavy (non-hydrogen) atoms. The molecule has 2 fully saturated rings. The maximum atomic E-state index is 12.5. The first-order valence-corrected chi connectivity index (χ1v) is 8.41. The number of carboxylic acid groups (broad SMARTS) is 1. The van der Waals surface area contributed by atoms with Gasteiger partial charge in [-0.2, -0.15) is 0 Å². The molecular formula is C17H29NO3. The van der Waals surface area contributed by atoms with E-state index in [0.717, 1.165) is 24.7 Å². The van der Waals surface area contributed by atoms with E-state index in [4.69, 9.17) is 5.11 Å². The summed E-state index contributed by atoms with van der Waals surface area (Å²) in [5.74, 6) is 1.05. The minimum Gasteiger partial charge on any atom is -0.481 e. The van der Waals surface area contributed by atoms with E-state index in [9.17, 15) is 9.59 Å². The van der Waals surface area contributed by atoms with Gasteiger partial charge >= 0.3 is 5.97 Å². The minimum absolute atomic E-state index is 0.0998. The van der Waals surface area contributed by atoms with E-state index >= 15 is 0 Å². The first kappa shape index (κ1) is 16.3. The van der Waals surface area contributed by atoms with Crippen molar-refractivity contribution in [1.82, 2.24) is 5.32 Å². The van der Waals surface area contributed by atoms with Crippen LogP contribution in [0.4, 0.5) is 0 Å². The second-order valence-corrected chi connectivity index (χ2v) is 7.58. The van der Waals surface area contributed by atoms with Gasteiger partial charge in [0.05, 0.1) is 0 Å². The maximum Gasteiger partial charge on any atom is 0.303 e. The molecule has 0 spiro atoms. The van der Waals surface area contributed by atoms with Crippen molar-refractivity contribution in [3.8, 4) is 0 Å². The summed E-state index contributed by atoms with van der Waals surface area (Å²) >= 11 is 0. The average molecular weight is 295 g/mol. The lowest BCUT2D eigenvalue weighted by Crippen LogP contribution is -2.47. The van der Waals surface area contributed by atoms with E-state index in [1.807, 2.05) is 13.8 Å². The van der Waals surface area contributed by atoms with Gasteiger partial charge in [0.1, 0.15) is 0 Å². The highest BCUT2D eigenvalue weighted by atomic mass is 16.4. The van der Waals surface area contributed by atoms with Crippen LogP contribution in [0.3, 0.4) is 0 Å². The number of nitrogens with one attached hydrogen (secondary N) is 1. The SMILES string of the molecule is CC(C)(CCC(=O)O)NC(=O)C1CCC2CCCCC2C1. The Morgan fingerprint density at radius 3 is 2.43 bits per heavy atom. The van der Waals surface area contributed by atoms with Crippen LogP contribution < -0.4 is 5.32 Å². The zero-order valence-electron chi connectivity index (χ0n) is 13.4. The smallest absolute Gasteiger partial charge is 0.303 e. The second kappa shape index (κ2) is 6.80. The Hall–Kier alpha value is -1.06. The highest BCUT2D eigenvalue weighted by Crippen LogP contribution is 2.42. The van der Waals surface area contributed by atoms with Crippen molar-refractivity contribution in [3.05, 3.63) is 0 Å². The molecule has 0 heterocycles. The van der Waals surface area contributed by atoms with Crippen LogP contribution in [0.1, 0.15) is 71.6 Å². The van der Waals surface area contributed by atoms with Gasteiger partial charge < -0.3 is 10.4 Å². The summed E-state index contributed by atoms with van der Waals surface area (Å²) in [6.07, 6.45) is 9.13. The maximum absolute atomic E-state index is 12.5. The number of amides is 1. The van der Waals surface area contributed by atoms with Crippen LogP contribution >= 0.6 is 0 Å². The molecule has 3 unspecified atom stereocenters. The van der Waals surface area contributed by atoms with Crippen molar-refractivity contribution in [2.45, 2.75) is 77.2 Å². The summed E-state index contributed by atoms with van der Waals surface area (Å²) in [7, 11) is 0. The van der Waals surface area contributed by atoms with Gasteiger partial charge in [0.2, 0.25) is 5.91 Å². The highest BCUT2D eigenvalue weighted by Gasteiger charge is 2.36. The molecule has 0 aromatic carbocycles. The molecule has 4 nitrogen and oxygen atoms in total. The van der Waals surface area contributed by atoms with Crippen molar-refractivity contribution in [2.75, 3.05) is 0 Å². The summed E-state index contributed by atoms with van der Waals surface area (Å²) in [6, 6.07) is 0. The lowest BCUT2D eigenvalue weighted by atomic mass is 9.67. The van der Waals surface area contributed by atoms with Crippen LogP contribution in [0.15, 0.2) is 0 Å². The number of fused-ring (bicyclic) bond motifs is 1. The number of rotatable bonds is 5. The number of carbonyl (C=O) groups is 2. The van der Waals surface area contributed by atoms with Gasteiger partial charge in [-0.1, -0.05) is 25.7 Å². The van der Waals surface area contributed by atoms with Crippen molar-refractivity contribution in [2.24, 2.45) is 17.8 Å². The van der Waals surface area contributed by atoms with Gasteiger partial charge in [0, 0.05) is 17.9 Å². The minimum atomic E-state index is -0.806. The fourth-order valence-corrected chi connectivity index (χ4v) is 4.03. The van der Waals surface area contributed by atoms with Crippen LogP contribution in [0.5, 0.6) is 0 Å². The largest absolute Gasteiger partial charge is 0.481 e. The molecule has 0 aromatic heterocycles. The third-order valence-corrected chi connectivity index (χ3v) is 5.34. The van der Waals surface area contributed by atoms with Crippen molar-refractivity contribution in [1.29, 1.82) is 0 Å². The molecule has 0 aliphatic heterocycles. The zero-order chi connectivity index (χ0) is 15.5. The van der Waals surface area contributed by atoms with E-state index in [-0.39, 0.29) is 18.2 Å². The molecule has 3 atom stereocenters. The molecule has 2 rings (SSSR count). The fourth-order valence-electron chi connectivity index (χ4n) is 4.03. The van der Waals surface area contributed by atoms with Gasteiger partial charge in [0.15, 0.2) is 0 Å². The number of hydrogen-bond acceptors (Lipinski definition) is 2. The number of carboxylic acids is 1. The van der Waals surface area contributed by atoms with Crippen molar-refractivity contribution < 1.29 is 14.7 Å². The molecule has 0 aromatic rings. The second-order valence-electron chi connectivity index (χ2n) is 7.58. The quantitative estimate of drug-likeness (QED) is 0.817. The van der Waals surface area contributed by atoms with Crippen LogP contribution in [0.25, 0.3) is 0 Å². The summed E-state index contributed by atoms with van der Waals surface area (Å²) in [4.78, 5) is 23.2. The van der Waals surface area contributed by atoms with Gasteiger partial charge in [-0.25, -0.2) is 0 Å². The average Bonchev–Trinajstić information content (AvgIpc) is 2.44. The Morgan fingerprint density at radius 1 is 1.10 bits per heavy atom. The molecule has 1 amide bonds. The molecule has 2 saturated carbocycles. The summed E-state index contributed by atoms with van der Waals surface area (Å²) in [5.41, 5.74) is -0.432. The van der Waals surface area contributed by atoms with Gasteiger partial charge in [-0.15, -0.1) is 0 Å². The van der Waals surface area contributed by atoms with Crippen LogP contribution in [-0.2, 0) is 9.59 Å². The third-order valence-electron chi connectivity index (χ3n) is 5.34. The van der Waals surface area contributed by atoms with E-state index < -0.39 is 11.5 Å². The van der Waals surface area contributed by atoms with Crippen LogP contribution in [0, 0.1) is 17.8 Å². The molecule has 120 valence electrons. The summed E-state index contributed by atoms with van der Waals surface area (Å²) < 4.78 is 0. The Kier molecular flexibility index (Phi) is 5.28. The third kappa shape index (κ3) is 4.72. The molecule has 2 aliphatic carbocycles. The van der Waals surface area contributed by atoms with E-state index in [0.29, 0.717) is 6.42 Å². The molecule has 0 bridgehead atoms. The Labute approximate surface area is 127 Å². The Balaban J connectivity index is 1.84. The summed E-state index contributed by atoms with van der Waals surface area (Å²) in [5, 5.41) is 11.9. The molecule has 2 aliphatic rings. The monoisotopic (exact) mass is 295 g/mol. The molecule has 4 heteroatoms. The number of carbonyl (C=O) groups excluding carboxylic acids is 1. The molecule has 0 radical (unpaired) electrons. The topological polar surface area (TPSA) is 66.4 Å². The predicted molar refractivity (Wildman–Crippen MR) is 81.9 cm³/mol. The normalized spacial score (nSPS) is 29.5. The lowest BCUT2D eigenvalue weighted by molar-refractivity contribution is -0.138. The van der Waals surface area contributed by atoms with Gasteiger partial charge in [0.25, 0.3) is 0 Å². The van der Waals surface area contributed by atoms with E-state index in [1.54, 1.807) is 0 Å². The van der Waals surface area contributed by atoms with Crippen LogP contribution in [0.2, 0.25) is 0 Å². The number of aliphatic carboxylic acids is 1. The lowest BCUT2D eigenvalue weighted by Gasteiger charge is -2.39. The highest BCUT2D eigenvalue weighted by molar-refractivity contribution is 5.79. The van der Waals surface area contributed by atoms with E-state index in [1.165, 1.54) is 32.1 Å². The molecule has 2 N–H and O–H groups in total. The Morgan fingerprint density at radius 2 is 1.76 bits per heavy atom. The standard InChI is InChI=1S/C17H29NO3/c1-17(2,10-9-15(19)20)18-16(21)14-8-7-12-5-3-4-6-13(12)11-14/h12-14H,3-11H2,1-2H3,(H,18,21)(H,19,20). The predicted octanol–water partition coefficient (Wildman–Crippen LogP) is 3.35. The van der Waals surface area contributed by atoms with Gasteiger partial charge in [-0.3, -0.25) is 9.59 Å². The zero-order valence-corrected chi connectivity index (χ0v) is 13.4. The van der Waals surface area contributed by atoms with Crippen molar-refractivity contribution >= 4 is 11.9 Å². The summed E-state index contributed by atoms with van der Waals surface area (Å²) in [6.45, 7) is 3.83. The van der Waals surface area contributed by atoms with E-state index in [2.05, 4.69) is 5.32 Å².